The Kier molecular flexibility index (Phi) is 10.4. The topological polar surface area (TPSA) is 73.3 Å². The highest BCUT2D eigenvalue weighted by atomic mass is 16.5. The van der Waals surface area contributed by atoms with E-state index in [1.165, 1.54) is 0 Å². The first-order chi connectivity index (χ1) is 14.7. The first-order valence-electron chi connectivity index (χ1n) is 10.1. The highest BCUT2D eigenvalue weighted by molar-refractivity contribution is 5.79. The van der Waals surface area contributed by atoms with Crippen molar-refractivity contribution in [2.75, 3.05) is 41.1 Å². The molecule has 30 heavy (non-hydrogen) atoms. The van der Waals surface area contributed by atoms with E-state index in [2.05, 4.69) is 10.6 Å². The van der Waals surface area contributed by atoms with Crippen LogP contribution in [-0.4, -0.2) is 47.0 Å². The van der Waals surface area contributed by atoms with Gasteiger partial charge in [-0.3, -0.25) is 0 Å². The van der Waals surface area contributed by atoms with Gasteiger partial charge in [-0.05, 0) is 37.1 Å². The zero-order valence-electron chi connectivity index (χ0n) is 18.4. The molecule has 0 fully saturated rings. The number of benzene rings is 2. The fraction of sp³-hybridized carbons (Fsp3) is 0.435. The smallest absolute Gasteiger partial charge is 0.191 e. The Morgan fingerprint density at radius 2 is 1.73 bits per heavy atom. The van der Waals surface area contributed by atoms with Gasteiger partial charge in [0.15, 0.2) is 17.5 Å². The van der Waals surface area contributed by atoms with Crippen molar-refractivity contribution in [2.24, 2.45) is 4.99 Å². The summed E-state index contributed by atoms with van der Waals surface area (Å²) < 4.78 is 21.5. The third kappa shape index (κ3) is 7.48. The van der Waals surface area contributed by atoms with Crippen LogP contribution in [0, 0.1) is 0 Å². The van der Waals surface area contributed by atoms with Crippen molar-refractivity contribution in [1.82, 2.24) is 10.6 Å². The number of nitrogens with one attached hydrogen (secondary N) is 2. The molecule has 0 heterocycles. The molecule has 0 bridgehead atoms. The first-order valence-corrected chi connectivity index (χ1v) is 10.1. The van der Waals surface area contributed by atoms with E-state index in [0.29, 0.717) is 18.8 Å². The van der Waals surface area contributed by atoms with E-state index in [1.54, 1.807) is 21.3 Å². The molecule has 7 heteroatoms. The quantitative estimate of drug-likeness (QED) is 0.315. The van der Waals surface area contributed by atoms with Gasteiger partial charge in [-0.2, -0.15) is 0 Å². The summed E-state index contributed by atoms with van der Waals surface area (Å²) in [6.07, 6.45) is 0.902. The first kappa shape index (κ1) is 23.3. The number of hydrogen-bond donors (Lipinski definition) is 2. The second-order valence-corrected chi connectivity index (χ2v) is 6.50. The monoisotopic (exact) mass is 415 g/mol. The van der Waals surface area contributed by atoms with E-state index < -0.39 is 0 Å². The molecular weight excluding hydrogens is 382 g/mol. The van der Waals surface area contributed by atoms with Crippen molar-refractivity contribution in [3.05, 3.63) is 53.6 Å². The molecule has 7 nitrogen and oxygen atoms in total. The third-order valence-corrected chi connectivity index (χ3v) is 4.47. The largest absolute Gasteiger partial charge is 0.497 e. The molecule has 0 aromatic heterocycles. The van der Waals surface area contributed by atoms with Crippen LogP contribution in [0.25, 0.3) is 0 Å². The summed E-state index contributed by atoms with van der Waals surface area (Å²) in [7, 11) is 4.94. The summed E-state index contributed by atoms with van der Waals surface area (Å²) in [4.78, 5) is 4.72. The lowest BCUT2D eigenvalue weighted by atomic mass is 10.2. The molecule has 0 atom stereocenters. The van der Waals surface area contributed by atoms with E-state index in [1.807, 2.05) is 49.4 Å². The zero-order chi connectivity index (χ0) is 21.6. The van der Waals surface area contributed by atoms with E-state index in [0.717, 1.165) is 54.8 Å². The van der Waals surface area contributed by atoms with Crippen LogP contribution in [0.5, 0.6) is 17.2 Å². The molecule has 2 N–H and O–H groups in total. The molecule has 2 rings (SSSR count). The van der Waals surface area contributed by atoms with Gasteiger partial charge in [0.05, 0.1) is 27.9 Å². The van der Waals surface area contributed by atoms with Crippen molar-refractivity contribution >= 4 is 5.96 Å². The maximum Gasteiger partial charge on any atom is 0.191 e. The average Bonchev–Trinajstić information content (AvgIpc) is 2.80. The van der Waals surface area contributed by atoms with Gasteiger partial charge in [0.2, 0.25) is 0 Å². The molecule has 0 spiro atoms. The van der Waals surface area contributed by atoms with Gasteiger partial charge in [0.25, 0.3) is 0 Å². The van der Waals surface area contributed by atoms with Gasteiger partial charge in [0, 0.05) is 31.9 Å². The maximum atomic E-state index is 5.52. The number of para-hydroxylation sites is 1. The van der Waals surface area contributed by atoms with Gasteiger partial charge in [0.1, 0.15) is 5.75 Å². The molecule has 0 unspecified atom stereocenters. The molecule has 0 radical (unpaired) electrons. The minimum absolute atomic E-state index is 0.556. The van der Waals surface area contributed by atoms with Crippen molar-refractivity contribution in [1.29, 1.82) is 0 Å². The predicted molar refractivity (Wildman–Crippen MR) is 120 cm³/mol. The third-order valence-electron chi connectivity index (χ3n) is 4.47. The highest BCUT2D eigenvalue weighted by Crippen LogP contribution is 2.30. The van der Waals surface area contributed by atoms with Gasteiger partial charge in [-0.15, -0.1) is 0 Å². The molecule has 0 aliphatic rings. The predicted octanol–water partition coefficient (Wildman–Crippen LogP) is 3.37. The lowest BCUT2D eigenvalue weighted by molar-refractivity contribution is 0.145. The molecule has 0 saturated heterocycles. The Bertz CT molecular complexity index is 779. The van der Waals surface area contributed by atoms with Crippen LogP contribution in [0.1, 0.15) is 24.5 Å². The minimum Gasteiger partial charge on any atom is -0.497 e. The SMILES string of the molecule is CCOCCCNC(=NCc1ccc(OC)cc1)NCc1cccc(OC)c1OC. The Balaban J connectivity index is 2.04. The molecular formula is C23H33N3O4. The van der Waals surface area contributed by atoms with Gasteiger partial charge >= 0.3 is 0 Å². The van der Waals surface area contributed by atoms with Crippen molar-refractivity contribution in [3.63, 3.8) is 0 Å². The molecule has 0 saturated carbocycles. The second kappa shape index (κ2) is 13.3. The van der Waals surface area contributed by atoms with Gasteiger partial charge in [-0.25, -0.2) is 4.99 Å². The summed E-state index contributed by atoms with van der Waals surface area (Å²) in [5.74, 6) is 2.99. The summed E-state index contributed by atoms with van der Waals surface area (Å²) >= 11 is 0. The van der Waals surface area contributed by atoms with Crippen molar-refractivity contribution < 1.29 is 18.9 Å². The van der Waals surface area contributed by atoms with Crippen molar-refractivity contribution in [2.45, 2.75) is 26.4 Å². The van der Waals surface area contributed by atoms with Crippen LogP contribution < -0.4 is 24.8 Å². The van der Waals surface area contributed by atoms with E-state index in [9.17, 15) is 0 Å². The number of ether oxygens (including phenoxy) is 4. The van der Waals surface area contributed by atoms with Gasteiger partial charge < -0.3 is 29.6 Å². The minimum atomic E-state index is 0.556. The Hall–Kier alpha value is -2.93. The molecule has 2 aromatic carbocycles. The maximum absolute atomic E-state index is 5.52. The van der Waals surface area contributed by atoms with Crippen molar-refractivity contribution in [3.8, 4) is 17.2 Å². The molecule has 0 aliphatic heterocycles. The van der Waals surface area contributed by atoms with Gasteiger partial charge in [-0.1, -0.05) is 24.3 Å². The van der Waals surface area contributed by atoms with Crippen LogP contribution in [-0.2, 0) is 17.8 Å². The number of nitrogens with zero attached hydrogens (tertiary/aromatic N) is 1. The van der Waals surface area contributed by atoms with Crippen LogP contribution in [0.3, 0.4) is 0 Å². The lowest BCUT2D eigenvalue weighted by Gasteiger charge is -2.16. The Morgan fingerprint density at radius 1 is 0.933 bits per heavy atom. The van der Waals surface area contributed by atoms with Crippen LogP contribution in [0.2, 0.25) is 0 Å². The number of guanidine groups is 1. The number of aliphatic imine (C=N–C) groups is 1. The van der Waals surface area contributed by atoms with E-state index in [-0.39, 0.29) is 0 Å². The standard InChI is InChI=1S/C23H33N3O4/c1-5-30-15-7-14-24-23(25-16-18-10-12-20(27-2)13-11-18)26-17-19-8-6-9-21(28-3)22(19)29-4/h6,8-13H,5,7,14-17H2,1-4H3,(H2,24,25,26). The van der Waals surface area contributed by atoms with E-state index >= 15 is 0 Å². The van der Waals surface area contributed by atoms with Crippen LogP contribution >= 0.6 is 0 Å². The molecule has 0 aliphatic carbocycles. The molecule has 0 amide bonds. The number of methoxy groups -OCH3 is 3. The molecule has 164 valence electrons. The lowest BCUT2D eigenvalue weighted by Crippen LogP contribution is -2.38. The highest BCUT2D eigenvalue weighted by Gasteiger charge is 2.10. The normalized spacial score (nSPS) is 11.1. The number of rotatable bonds is 12. The summed E-state index contributed by atoms with van der Waals surface area (Å²) in [6.45, 7) is 5.33. The fourth-order valence-electron chi connectivity index (χ4n) is 2.87. The second-order valence-electron chi connectivity index (χ2n) is 6.50. The average molecular weight is 416 g/mol. The Morgan fingerprint density at radius 3 is 2.40 bits per heavy atom. The van der Waals surface area contributed by atoms with E-state index in [4.69, 9.17) is 23.9 Å². The summed E-state index contributed by atoms with van der Waals surface area (Å²) in [5, 5.41) is 6.75. The van der Waals surface area contributed by atoms with Crippen LogP contribution in [0.15, 0.2) is 47.5 Å². The number of hydrogen-bond acceptors (Lipinski definition) is 5. The fourth-order valence-corrected chi connectivity index (χ4v) is 2.87. The van der Waals surface area contributed by atoms with Crippen LogP contribution in [0.4, 0.5) is 0 Å². The molecule has 2 aromatic rings. The zero-order valence-corrected chi connectivity index (χ0v) is 18.4. The summed E-state index contributed by atoms with van der Waals surface area (Å²) in [6, 6.07) is 13.7. The summed E-state index contributed by atoms with van der Waals surface area (Å²) in [5.41, 5.74) is 2.09. The Labute approximate surface area is 179 Å².